The van der Waals surface area contributed by atoms with E-state index in [4.69, 9.17) is 51.7 Å². The summed E-state index contributed by atoms with van der Waals surface area (Å²) in [6.07, 6.45) is -1.62. The maximum atomic E-state index is 13.0. The van der Waals surface area contributed by atoms with Crippen LogP contribution in [0.5, 0.6) is 0 Å². The Balaban J connectivity index is 1.50. The topological polar surface area (TPSA) is 82.0 Å². The highest BCUT2D eigenvalue weighted by Gasteiger charge is 2.67. The number of alkyl halides is 4. The van der Waals surface area contributed by atoms with E-state index in [1.807, 2.05) is 0 Å². The lowest BCUT2D eigenvalue weighted by molar-refractivity contribution is -0.117. The van der Waals surface area contributed by atoms with Crippen molar-refractivity contribution in [2.75, 3.05) is 5.32 Å². The lowest BCUT2D eigenvalue weighted by Gasteiger charge is -2.12. The highest BCUT2D eigenvalue weighted by molar-refractivity contribution is 6.53. The molecular formula is C22H15Cl4F2N3O2. The van der Waals surface area contributed by atoms with Gasteiger partial charge >= 0.3 is 0 Å². The van der Waals surface area contributed by atoms with E-state index in [0.717, 1.165) is 0 Å². The van der Waals surface area contributed by atoms with E-state index in [0.29, 0.717) is 18.4 Å². The van der Waals surface area contributed by atoms with Crippen LogP contribution in [0.2, 0.25) is 10.0 Å². The second-order valence-electron chi connectivity index (χ2n) is 8.04. The van der Waals surface area contributed by atoms with E-state index >= 15 is 0 Å². The summed E-state index contributed by atoms with van der Waals surface area (Å²) < 4.78 is 24.4. The van der Waals surface area contributed by atoms with Gasteiger partial charge in [-0.25, -0.2) is 8.78 Å². The summed E-state index contributed by atoms with van der Waals surface area (Å²) in [5, 5.41) is 14.5. The van der Waals surface area contributed by atoms with Crippen molar-refractivity contribution in [3.8, 4) is 6.07 Å². The molecule has 2 aliphatic rings. The second-order valence-corrected chi connectivity index (χ2v) is 10.3. The largest absolute Gasteiger partial charge is 0.334 e. The van der Waals surface area contributed by atoms with Gasteiger partial charge in [-0.2, -0.15) is 5.26 Å². The third-order valence-corrected chi connectivity index (χ3v) is 7.35. The molecule has 5 nitrogen and oxygen atoms in total. The standard InChI is InChI=1S/C22H15Cl4F2N3O2/c23-14-4-2-11(8-13(14)19(32)31-21(9-29)5-6-21)30-20(33)17-16(22(17,25)26)10-1-3-12(18(27)28)15(24)7-10/h1-4,7-8,16-18H,5-6H2,(H,30,33)(H,31,32)/t16-,17+/m1/s1. The monoisotopic (exact) mass is 531 g/mol. The number of hydrogen-bond acceptors (Lipinski definition) is 3. The minimum atomic E-state index is -2.74. The summed E-state index contributed by atoms with van der Waals surface area (Å²) in [5.41, 5.74) is -0.373. The van der Waals surface area contributed by atoms with Crippen molar-refractivity contribution in [3.63, 3.8) is 0 Å². The van der Waals surface area contributed by atoms with Crippen LogP contribution >= 0.6 is 46.4 Å². The van der Waals surface area contributed by atoms with Crippen LogP contribution in [0, 0.1) is 17.2 Å². The molecule has 2 N–H and O–H groups in total. The van der Waals surface area contributed by atoms with Gasteiger partial charge in [0.1, 0.15) is 9.87 Å². The maximum Gasteiger partial charge on any atom is 0.265 e. The fourth-order valence-electron chi connectivity index (χ4n) is 3.65. The molecule has 2 aliphatic carbocycles. The number of nitriles is 1. The smallest absolute Gasteiger partial charge is 0.265 e. The van der Waals surface area contributed by atoms with Gasteiger partial charge in [-0.1, -0.05) is 35.3 Å². The van der Waals surface area contributed by atoms with Crippen molar-refractivity contribution in [3.05, 3.63) is 63.1 Å². The van der Waals surface area contributed by atoms with E-state index in [2.05, 4.69) is 16.7 Å². The van der Waals surface area contributed by atoms with Crippen molar-refractivity contribution in [1.82, 2.24) is 5.32 Å². The van der Waals surface area contributed by atoms with Gasteiger partial charge < -0.3 is 10.6 Å². The molecule has 0 unspecified atom stereocenters. The molecule has 0 spiro atoms. The number of hydrogen-bond donors (Lipinski definition) is 2. The third kappa shape index (κ3) is 4.63. The lowest BCUT2D eigenvalue weighted by atomic mass is 10.1. The van der Waals surface area contributed by atoms with Gasteiger partial charge in [-0.15, -0.1) is 23.2 Å². The summed E-state index contributed by atoms with van der Waals surface area (Å²) >= 11 is 24.7. The summed E-state index contributed by atoms with van der Waals surface area (Å²) in [6.45, 7) is 0. The van der Waals surface area contributed by atoms with Gasteiger partial charge in [0, 0.05) is 22.2 Å². The Hall–Kier alpha value is -2.11. The molecule has 172 valence electrons. The number of benzene rings is 2. The molecule has 4 rings (SSSR count). The molecule has 0 aliphatic heterocycles. The second kappa shape index (κ2) is 8.59. The van der Waals surface area contributed by atoms with E-state index in [9.17, 15) is 18.4 Å². The number of nitrogens with zero attached hydrogens (tertiary/aromatic N) is 1. The number of halogens is 6. The number of nitrogens with one attached hydrogen (secondary N) is 2. The van der Waals surface area contributed by atoms with Gasteiger partial charge in [0.15, 0.2) is 0 Å². The fraction of sp³-hybridized carbons (Fsp3) is 0.318. The highest BCUT2D eigenvalue weighted by atomic mass is 35.5. The highest BCUT2D eigenvalue weighted by Crippen LogP contribution is 2.65. The van der Waals surface area contributed by atoms with Crippen LogP contribution in [-0.4, -0.2) is 21.7 Å². The van der Waals surface area contributed by atoms with Crippen LogP contribution in [0.3, 0.4) is 0 Å². The van der Waals surface area contributed by atoms with Crippen LogP contribution in [0.1, 0.15) is 46.7 Å². The predicted octanol–water partition coefficient (Wildman–Crippen LogP) is 6.24. The molecular weight excluding hydrogens is 518 g/mol. The first-order chi connectivity index (χ1) is 15.5. The van der Waals surface area contributed by atoms with E-state index in [1.54, 1.807) is 0 Å². The van der Waals surface area contributed by atoms with Gasteiger partial charge in [-0.3, -0.25) is 9.59 Å². The molecule has 2 atom stereocenters. The number of amides is 2. The molecule has 0 saturated heterocycles. The first-order valence-corrected chi connectivity index (χ1v) is 11.3. The maximum absolute atomic E-state index is 13.0. The van der Waals surface area contributed by atoms with E-state index < -0.39 is 39.9 Å². The minimum Gasteiger partial charge on any atom is -0.334 e. The molecule has 0 aromatic heterocycles. The SMILES string of the molecule is N#CC1(NC(=O)c2cc(NC(=O)[C@@H]3[C@@H](c4ccc(C(F)F)c(Cl)c4)C3(Cl)Cl)ccc2Cl)CC1. The molecule has 33 heavy (non-hydrogen) atoms. The zero-order valence-corrected chi connectivity index (χ0v) is 19.7. The number of carbonyl (C=O) groups excluding carboxylic acids is 2. The first-order valence-electron chi connectivity index (χ1n) is 9.78. The van der Waals surface area contributed by atoms with E-state index in [-0.39, 0.29) is 26.9 Å². The fourth-order valence-corrected chi connectivity index (χ4v) is 4.96. The predicted molar refractivity (Wildman–Crippen MR) is 122 cm³/mol. The average molecular weight is 533 g/mol. The Morgan fingerprint density at radius 2 is 1.79 bits per heavy atom. The van der Waals surface area contributed by atoms with Gasteiger partial charge in [0.05, 0.1) is 22.6 Å². The summed E-state index contributed by atoms with van der Waals surface area (Å²) in [4.78, 5) is 25.4. The van der Waals surface area contributed by atoms with E-state index in [1.165, 1.54) is 36.4 Å². The zero-order valence-electron chi connectivity index (χ0n) is 16.6. The number of rotatable bonds is 6. The lowest BCUT2D eigenvalue weighted by Crippen LogP contribution is -2.35. The molecule has 2 amide bonds. The summed E-state index contributed by atoms with van der Waals surface area (Å²) in [5.74, 6) is -2.60. The van der Waals surface area contributed by atoms with Crippen LogP contribution in [0.25, 0.3) is 0 Å². The first kappa shape index (κ1) is 24.0. The number of carbonyl (C=O) groups is 2. The van der Waals surface area contributed by atoms with Crippen LogP contribution in [0.15, 0.2) is 36.4 Å². The molecule has 2 saturated carbocycles. The van der Waals surface area contributed by atoms with Crippen LogP contribution in [-0.2, 0) is 4.79 Å². The Labute approximate surface area is 207 Å². The van der Waals surface area contributed by atoms with Crippen molar-refractivity contribution >= 4 is 63.9 Å². The molecule has 0 radical (unpaired) electrons. The molecule has 2 aromatic rings. The quantitative estimate of drug-likeness (QED) is 0.432. The minimum absolute atomic E-state index is 0.0979. The van der Waals surface area contributed by atoms with Gasteiger partial charge in [0.25, 0.3) is 12.3 Å². The normalized spacial score (nSPS) is 21.8. The Kier molecular flexibility index (Phi) is 6.25. The third-order valence-electron chi connectivity index (χ3n) is 5.75. The van der Waals surface area contributed by atoms with Crippen molar-refractivity contribution < 1.29 is 18.4 Å². The average Bonchev–Trinajstić information content (AvgIpc) is 3.63. The number of anilines is 1. The molecule has 2 fully saturated rings. The molecule has 11 heteroatoms. The summed E-state index contributed by atoms with van der Waals surface area (Å²) in [7, 11) is 0. The zero-order chi connectivity index (χ0) is 24.1. The Bertz CT molecular complexity index is 1190. The van der Waals surface area contributed by atoms with Crippen LogP contribution < -0.4 is 10.6 Å². The van der Waals surface area contributed by atoms with Crippen molar-refractivity contribution in [1.29, 1.82) is 5.26 Å². The Morgan fingerprint density at radius 3 is 2.36 bits per heavy atom. The molecule has 0 bridgehead atoms. The molecule has 0 heterocycles. The van der Waals surface area contributed by atoms with Crippen molar-refractivity contribution in [2.24, 2.45) is 5.92 Å². The molecule has 2 aromatic carbocycles. The summed E-state index contributed by atoms with van der Waals surface area (Å²) in [6, 6.07) is 10.3. The van der Waals surface area contributed by atoms with Crippen LogP contribution in [0.4, 0.5) is 14.5 Å². The van der Waals surface area contributed by atoms with Gasteiger partial charge in [0.2, 0.25) is 5.91 Å². The van der Waals surface area contributed by atoms with Gasteiger partial charge in [-0.05, 0) is 42.7 Å². The van der Waals surface area contributed by atoms with Crippen molar-refractivity contribution in [2.45, 2.75) is 35.1 Å². The Morgan fingerprint density at radius 1 is 1.09 bits per heavy atom.